The van der Waals surface area contributed by atoms with Crippen LogP contribution in [0, 0.1) is 0 Å². The van der Waals surface area contributed by atoms with E-state index in [1.54, 1.807) is 12.1 Å². The van der Waals surface area contributed by atoms with Crippen molar-refractivity contribution >= 4 is 5.91 Å². The normalized spacial score (nSPS) is 18.9. The molecule has 2 atom stereocenters. The first-order valence-corrected chi connectivity index (χ1v) is 11.2. The third-order valence-electron chi connectivity index (χ3n) is 6.85. The first-order chi connectivity index (χ1) is 15.5. The zero-order valence-corrected chi connectivity index (χ0v) is 18.2. The van der Waals surface area contributed by atoms with Crippen LogP contribution in [-0.2, 0) is 4.79 Å². The van der Waals surface area contributed by atoms with Crippen molar-refractivity contribution < 1.29 is 15.0 Å². The number of aliphatic hydroxyl groups excluding tert-OH is 1. The standard InChI is InChI=1S/C27H28N2O3/c1-28(25(17-29-15-14-20(31)16-29)18-10-12-19(30)13-11-18)27(32)26-23-8-4-2-6-21(23)22-7-3-5-9-24(22)26/h2-13,20,25-26,30-31H,14-17H2,1H3/t20-,25+/m0/s1. The molecule has 3 aromatic rings. The van der Waals surface area contributed by atoms with Gasteiger partial charge in [-0.1, -0.05) is 60.7 Å². The van der Waals surface area contributed by atoms with E-state index >= 15 is 0 Å². The smallest absolute Gasteiger partial charge is 0.234 e. The number of carbonyl (C=O) groups is 1. The third kappa shape index (κ3) is 3.68. The average Bonchev–Trinajstić information content (AvgIpc) is 3.38. The summed E-state index contributed by atoms with van der Waals surface area (Å²) >= 11 is 0. The summed E-state index contributed by atoms with van der Waals surface area (Å²) in [7, 11) is 1.87. The summed E-state index contributed by atoms with van der Waals surface area (Å²) in [5.41, 5.74) is 5.32. The highest BCUT2D eigenvalue weighted by atomic mass is 16.3. The van der Waals surface area contributed by atoms with Crippen molar-refractivity contribution in [1.82, 2.24) is 9.80 Å². The molecule has 0 aromatic heterocycles. The highest BCUT2D eigenvalue weighted by Crippen LogP contribution is 2.46. The molecular formula is C27H28N2O3. The van der Waals surface area contributed by atoms with Crippen LogP contribution in [0.4, 0.5) is 0 Å². The van der Waals surface area contributed by atoms with Crippen molar-refractivity contribution in [3.8, 4) is 16.9 Å². The number of amides is 1. The number of hydrogen-bond donors (Lipinski definition) is 2. The summed E-state index contributed by atoms with van der Waals surface area (Å²) in [6.45, 7) is 2.07. The molecule has 1 aliphatic heterocycles. The summed E-state index contributed by atoms with van der Waals surface area (Å²) in [4.78, 5) is 18.1. The fraction of sp³-hybridized carbons (Fsp3) is 0.296. The first kappa shape index (κ1) is 20.7. The molecule has 3 aromatic carbocycles. The summed E-state index contributed by atoms with van der Waals surface area (Å²) < 4.78 is 0. The van der Waals surface area contributed by atoms with Gasteiger partial charge in [-0.15, -0.1) is 0 Å². The summed E-state index contributed by atoms with van der Waals surface area (Å²) in [5.74, 6) is -0.0758. The Balaban J connectivity index is 1.50. The van der Waals surface area contributed by atoms with E-state index in [0.717, 1.165) is 40.8 Å². The second-order valence-corrected chi connectivity index (χ2v) is 8.87. The fourth-order valence-corrected chi connectivity index (χ4v) is 5.15. The van der Waals surface area contributed by atoms with Gasteiger partial charge in [-0.2, -0.15) is 0 Å². The predicted molar refractivity (Wildman–Crippen MR) is 124 cm³/mol. The van der Waals surface area contributed by atoms with Gasteiger partial charge in [0.2, 0.25) is 5.91 Å². The largest absolute Gasteiger partial charge is 0.508 e. The number of hydrogen-bond acceptors (Lipinski definition) is 4. The lowest BCUT2D eigenvalue weighted by Gasteiger charge is -2.34. The van der Waals surface area contributed by atoms with Crippen LogP contribution in [0.15, 0.2) is 72.8 Å². The van der Waals surface area contributed by atoms with E-state index < -0.39 is 0 Å². The summed E-state index contributed by atoms with van der Waals surface area (Å²) in [5, 5.41) is 19.8. The maximum absolute atomic E-state index is 14.0. The van der Waals surface area contributed by atoms with Crippen molar-refractivity contribution in [3.63, 3.8) is 0 Å². The highest BCUT2D eigenvalue weighted by Gasteiger charge is 2.37. The van der Waals surface area contributed by atoms with E-state index in [4.69, 9.17) is 0 Å². The monoisotopic (exact) mass is 428 g/mol. The Morgan fingerprint density at radius 1 is 1.00 bits per heavy atom. The summed E-state index contributed by atoms with van der Waals surface area (Å²) in [6.07, 6.45) is 0.439. The van der Waals surface area contributed by atoms with E-state index in [-0.39, 0.29) is 29.7 Å². The molecule has 0 radical (unpaired) electrons. The predicted octanol–water partition coefficient (Wildman–Crippen LogP) is 3.77. The number of carbonyl (C=O) groups excluding carboxylic acids is 1. The molecule has 0 bridgehead atoms. The van der Waals surface area contributed by atoms with E-state index in [0.29, 0.717) is 13.1 Å². The van der Waals surface area contributed by atoms with Gasteiger partial charge in [0.25, 0.3) is 0 Å². The van der Waals surface area contributed by atoms with Crippen LogP contribution in [-0.4, -0.2) is 58.7 Å². The minimum Gasteiger partial charge on any atom is -0.508 e. The Kier molecular flexibility index (Phi) is 5.45. The molecule has 5 heteroatoms. The number of benzene rings is 3. The minimum atomic E-state index is -0.337. The number of β-amino-alcohol motifs (C(OH)–C–C–N with tert-alkyl or cyclic N) is 1. The molecule has 32 heavy (non-hydrogen) atoms. The van der Waals surface area contributed by atoms with Gasteiger partial charge in [0, 0.05) is 26.7 Å². The highest BCUT2D eigenvalue weighted by molar-refractivity contribution is 5.96. The van der Waals surface area contributed by atoms with Crippen LogP contribution in [0.3, 0.4) is 0 Å². The molecule has 5 nitrogen and oxygen atoms in total. The lowest BCUT2D eigenvalue weighted by molar-refractivity contribution is -0.133. The van der Waals surface area contributed by atoms with Gasteiger partial charge in [0.1, 0.15) is 5.75 Å². The SMILES string of the molecule is CN(C(=O)C1c2ccccc2-c2ccccc21)[C@H](CN1CC[C@H](O)C1)c1ccc(O)cc1. The Bertz CT molecular complexity index is 1080. The topological polar surface area (TPSA) is 64.0 Å². The lowest BCUT2D eigenvalue weighted by atomic mass is 9.94. The maximum Gasteiger partial charge on any atom is 0.234 e. The number of aromatic hydroxyl groups is 1. The molecule has 2 N–H and O–H groups in total. The second kappa shape index (κ2) is 8.41. The van der Waals surface area contributed by atoms with E-state index in [9.17, 15) is 15.0 Å². The quantitative estimate of drug-likeness (QED) is 0.649. The van der Waals surface area contributed by atoms with Gasteiger partial charge < -0.3 is 15.1 Å². The van der Waals surface area contributed by atoms with Crippen LogP contribution >= 0.6 is 0 Å². The van der Waals surface area contributed by atoms with E-state index in [1.165, 1.54) is 0 Å². The third-order valence-corrected chi connectivity index (χ3v) is 6.85. The van der Waals surface area contributed by atoms with Crippen LogP contribution in [0.25, 0.3) is 11.1 Å². The number of nitrogens with zero attached hydrogens (tertiary/aromatic N) is 2. The molecule has 0 spiro atoms. The zero-order chi connectivity index (χ0) is 22.2. The molecule has 0 saturated carbocycles. The van der Waals surface area contributed by atoms with E-state index in [2.05, 4.69) is 29.2 Å². The van der Waals surface area contributed by atoms with Crippen LogP contribution in [0.2, 0.25) is 0 Å². The molecule has 1 amide bonds. The van der Waals surface area contributed by atoms with E-state index in [1.807, 2.05) is 48.3 Å². The number of likely N-dealkylation sites (tertiary alicyclic amines) is 1. The number of phenols is 1. The van der Waals surface area contributed by atoms with Crippen molar-refractivity contribution in [2.75, 3.05) is 26.7 Å². The van der Waals surface area contributed by atoms with Crippen molar-refractivity contribution in [1.29, 1.82) is 0 Å². The Morgan fingerprint density at radius 2 is 1.59 bits per heavy atom. The first-order valence-electron chi connectivity index (χ1n) is 11.2. The van der Waals surface area contributed by atoms with Crippen LogP contribution < -0.4 is 0 Å². The van der Waals surface area contributed by atoms with Gasteiger partial charge in [0.15, 0.2) is 0 Å². The van der Waals surface area contributed by atoms with Gasteiger partial charge >= 0.3 is 0 Å². The van der Waals surface area contributed by atoms with Crippen LogP contribution in [0.5, 0.6) is 5.75 Å². The summed E-state index contributed by atoms with van der Waals surface area (Å²) in [6, 6.07) is 23.2. The minimum absolute atomic E-state index is 0.0558. The molecule has 1 saturated heterocycles. The maximum atomic E-state index is 14.0. The van der Waals surface area contributed by atoms with Gasteiger partial charge in [-0.3, -0.25) is 9.69 Å². The number of rotatable bonds is 5. The number of phenolic OH excluding ortho intramolecular Hbond substituents is 1. The Labute approximate surface area is 188 Å². The van der Waals surface area contributed by atoms with Gasteiger partial charge in [-0.05, 0) is 46.4 Å². The number of aliphatic hydroxyl groups is 1. The number of fused-ring (bicyclic) bond motifs is 3. The molecule has 5 rings (SSSR count). The van der Waals surface area contributed by atoms with Crippen molar-refractivity contribution in [2.24, 2.45) is 0 Å². The molecule has 0 unspecified atom stereocenters. The molecule has 164 valence electrons. The molecule has 2 aliphatic rings. The Morgan fingerprint density at radius 3 is 2.16 bits per heavy atom. The number of likely N-dealkylation sites (N-methyl/N-ethyl adjacent to an activating group) is 1. The second-order valence-electron chi connectivity index (χ2n) is 8.87. The van der Waals surface area contributed by atoms with Crippen molar-refractivity contribution in [3.05, 3.63) is 89.5 Å². The lowest BCUT2D eigenvalue weighted by Crippen LogP contribution is -2.41. The average molecular weight is 429 g/mol. The van der Waals surface area contributed by atoms with Crippen LogP contribution in [0.1, 0.15) is 35.1 Å². The molecule has 1 fully saturated rings. The van der Waals surface area contributed by atoms with Crippen molar-refractivity contribution in [2.45, 2.75) is 24.5 Å². The fourth-order valence-electron chi connectivity index (χ4n) is 5.15. The molecular weight excluding hydrogens is 400 g/mol. The zero-order valence-electron chi connectivity index (χ0n) is 18.2. The van der Waals surface area contributed by atoms with Gasteiger partial charge in [0.05, 0.1) is 18.1 Å². The molecule has 1 heterocycles. The Hall–Kier alpha value is -3.15. The van der Waals surface area contributed by atoms with Gasteiger partial charge in [-0.25, -0.2) is 0 Å². The molecule has 1 aliphatic carbocycles.